The van der Waals surface area contributed by atoms with Crippen LogP contribution in [-0.2, 0) is 11.3 Å². The maximum Gasteiger partial charge on any atom is 0.573 e. The molecular formula is C23H24F3N5O3. The van der Waals surface area contributed by atoms with Crippen LogP contribution in [0.1, 0.15) is 30.3 Å². The summed E-state index contributed by atoms with van der Waals surface area (Å²) in [5.41, 5.74) is 1.48. The van der Waals surface area contributed by atoms with E-state index in [4.69, 9.17) is 9.26 Å². The van der Waals surface area contributed by atoms with Gasteiger partial charge in [-0.25, -0.2) is 4.98 Å². The van der Waals surface area contributed by atoms with Gasteiger partial charge >= 0.3 is 6.36 Å². The molecule has 1 aromatic carbocycles. The minimum absolute atomic E-state index is 0.103. The first-order valence-electron chi connectivity index (χ1n) is 11.2. The summed E-state index contributed by atoms with van der Waals surface area (Å²) in [6.07, 6.45) is -1.23. The van der Waals surface area contributed by atoms with E-state index in [1.165, 1.54) is 12.1 Å². The molecule has 1 atom stereocenters. The van der Waals surface area contributed by atoms with E-state index >= 15 is 0 Å². The minimum Gasteiger partial charge on any atom is -0.406 e. The smallest absolute Gasteiger partial charge is 0.406 e. The van der Waals surface area contributed by atoms with Crippen LogP contribution in [0, 0.1) is 0 Å². The summed E-state index contributed by atoms with van der Waals surface area (Å²) in [4.78, 5) is 13.4. The van der Waals surface area contributed by atoms with Crippen molar-refractivity contribution in [2.24, 2.45) is 0 Å². The number of rotatable bonds is 6. The molecule has 0 bridgehead atoms. The first kappa shape index (κ1) is 22.6. The highest BCUT2D eigenvalue weighted by atomic mass is 19.4. The van der Waals surface area contributed by atoms with Crippen LogP contribution >= 0.6 is 0 Å². The fraction of sp³-hybridized carbons (Fsp3) is 0.435. The van der Waals surface area contributed by atoms with Crippen molar-refractivity contribution < 1.29 is 27.2 Å². The Morgan fingerprint density at radius 3 is 2.71 bits per heavy atom. The normalized spacial score (nSPS) is 19.5. The second kappa shape index (κ2) is 9.59. The fourth-order valence-corrected chi connectivity index (χ4v) is 4.36. The summed E-state index contributed by atoms with van der Waals surface area (Å²) >= 11 is 0. The van der Waals surface area contributed by atoms with E-state index in [-0.39, 0.29) is 11.8 Å². The average Bonchev–Trinajstić information content (AvgIpc) is 3.48. The average molecular weight is 475 g/mol. The van der Waals surface area contributed by atoms with Gasteiger partial charge in [-0.1, -0.05) is 17.3 Å². The van der Waals surface area contributed by atoms with Crippen LogP contribution in [0.25, 0.3) is 11.4 Å². The van der Waals surface area contributed by atoms with E-state index in [0.29, 0.717) is 31.5 Å². The van der Waals surface area contributed by atoms with Crippen LogP contribution in [0.2, 0.25) is 0 Å². The maximum absolute atomic E-state index is 12.5. The lowest BCUT2D eigenvalue weighted by Crippen LogP contribution is -2.36. The quantitative estimate of drug-likeness (QED) is 0.525. The van der Waals surface area contributed by atoms with Gasteiger partial charge in [-0.2, -0.15) is 4.98 Å². The van der Waals surface area contributed by atoms with Crippen molar-refractivity contribution >= 4 is 5.82 Å². The van der Waals surface area contributed by atoms with Crippen molar-refractivity contribution in [2.75, 3.05) is 37.7 Å². The summed E-state index contributed by atoms with van der Waals surface area (Å²) in [5.74, 6) is 1.61. The van der Waals surface area contributed by atoms with Crippen LogP contribution in [0.5, 0.6) is 5.75 Å². The summed E-state index contributed by atoms with van der Waals surface area (Å²) in [6.45, 7) is 4.23. The van der Waals surface area contributed by atoms with Crippen molar-refractivity contribution in [3.05, 3.63) is 54.0 Å². The summed E-state index contributed by atoms with van der Waals surface area (Å²) in [7, 11) is 0. The summed E-state index contributed by atoms with van der Waals surface area (Å²) in [6, 6.07) is 9.79. The number of hydrogen-bond donors (Lipinski definition) is 0. The number of benzene rings is 1. The van der Waals surface area contributed by atoms with Gasteiger partial charge in [0.25, 0.3) is 0 Å². The summed E-state index contributed by atoms with van der Waals surface area (Å²) in [5, 5.41) is 4.14. The number of aromatic nitrogens is 3. The molecule has 4 heterocycles. The first-order chi connectivity index (χ1) is 16.4. The molecule has 2 fully saturated rings. The minimum atomic E-state index is -4.72. The van der Waals surface area contributed by atoms with E-state index in [2.05, 4.69) is 29.7 Å². The molecule has 0 N–H and O–H groups in total. The molecule has 2 aliphatic heterocycles. The lowest BCUT2D eigenvalue weighted by Gasteiger charge is -2.27. The highest BCUT2D eigenvalue weighted by molar-refractivity contribution is 5.56. The molecule has 2 aliphatic rings. The highest BCUT2D eigenvalue weighted by Crippen LogP contribution is 2.34. The molecule has 34 heavy (non-hydrogen) atoms. The number of anilines is 1. The molecule has 1 unspecified atom stereocenters. The Labute approximate surface area is 194 Å². The van der Waals surface area contributed by atoms with E-state index in [1.54, 1.807) is 18.3 Å². The largest absolute Gasteiger partial charge is 0.573 e. The first-order valence-corrected chi connectivity index (χ1v) is 11.2. The van der Waals surface area contributed by atoms with Gasteiger partial charge in [0.1, 0.15) is 11.6 Å². The van der Waals surface area contributed by atoms with Crippen LogP contribution in [0.4, 0.5) is 19.0 Å². The molecule has 11 heteroatoms. The highest BCUT2D eigenvalue weighted by Gasteiger charge is 2.32. The van der Waals surface area contributed by atoms with Crippen LogP contribution in [0.15, 0.2) is 47.1 Å². The van der Waals surface area contributed by atoms with Gasteiger partial charge in [0.15, 0.2) is 0 Å². The Kier molecular flexibility index (Phi) is 6.38. The summed E-state index contributed by atoms with van der Waals surface area (Å²) < 4.78 is 52.6. The van der Waals surface area contributed by atoms with Gasteiger partial charge in [0.2, 0.25) is 11.7 Å². The van der Waals surface area contributed by atoms with E-state index in [0.717, 1.165) is 49.4 Å². The Morgan fingerprint density at radius 1 is 1.09 bits per heavy atom. The molecule has 2 saturated heterocycles. The van der Waals surface area contributed by atoms with Crippen LogP contribution < -0.4 is 9.64 Å². The third-order valence-corrected chi connectivity index (χ3v) is 5.95. The predicted molar refractivity (Wildman–Crippen MR) is 116 cm³/mol. The second-order valence-corrected chi connectivity index (χ2v) is 8.28. The zero-order chi connectivity index (χ0) is 23.5. The Morgan fingerprint density at radius 2 is 1.94 bits per heavy atom. The van der Waals surface area contributed by atoms with Gasteiger partial charge in [-0.15, -0.1) is 13.2 Å². The molecule has 3 aromatic rings. The van der Waals surface area contributed by atoms with Crippen LogP contribution in [0.3, 0.4) is 0 Å². The monoisotopic (exact) mass is 475 g/mol. The van der Waals surface area contributed by atoms with E-state index in [9.17, 15) is 13.2 Å². The predicted octanol–water partition coefficient (Wildman–Crippen LogP) is 4.20. The zero-order valence-corrected chi connectivity index (χ0v) is 18.4. The zero-order valence-electron chi connectivity index (χ0n) is 18.4. The molecule has 2 aromatic heterocycles. The molecule has 8 nitrogen and oxygen atoms in total. The standard InChI is InChI=1S/C23H24F3N5O3/c24-23(25,26)33-18-4-1-3-16(13-18)15-31-8-2-5-19(31)22-28-21(29-34-22)17-6-7-20(27-14-17)30-9-11-32-12-10-30/h1,3-4,6-7,13-14,19H,2,5,8-12,15H2. The third kappa shape index (κ3) is 5.31. The third-order valence-electron chi connectivity index (χ3n) is 5.95. The molecule has 0 radical (unpaired) electrons. The number of halogens is 3. The number of pyridine rings is 1. The molecule has 0 amide bonds. The van der Waals surface area contributed by atoms with Crippen molar-refractivity contribution in [1.82, 2.24) is 20.0 Å². The lowest BCUT2D eigenvalue weighted by molar-refractivity contribution is -0.274. The lowest BCUT2D eigenvalue weighted by atomic mass is 10.1. The molecule has 0 saturated carbocycles. The number of alkyl halides is 3. The number of morpholine rings is 1. The van der Waals surface area contributed by atoms with Gasteiger partial charge in [-0.3, -0.25) is 4.90 Å². The van der Waals surface area contributed by atoms with Crippen molar-refractivity contribution in [2.45, 2.75) is 31.8 Å². The SMILES string of the molecule is FC(F)(F)Oc1cccc(CN2CCCC2c2nc(-c3ccc(N4CCOCC4)nc3)no2)c1. The number of ether oxygens (including phenoxy) is 2. The van der Waals surface area contributed by atoms with Crippen molar-refractivity contribution in [3.63, 3.8) is 0 Å². The van der Waals surface area contributed by atoms with E-state index < -0.39 is 6.36 Å². The number of hydrogen-bond acceptors (Lipinski definition) is 8. The molecule has 180 valence electrons. The maximum atomic E-state index is 12.5. The number of likely N-dealkylation sites (tertiary alicyclic amines) is 1. The van der Waals surface area contributed by atoms with Gasteiger partial charge in [0.05, 0.1) is 19.3 Å². The fourth-order valence-electron chi connectivity index (χ4n) is 4.36. The van der Waals surface area contributed by atoms with Crippen LogP contribution in [-0.4, -0.2) is 59.2 Å². The Hall–Kier alpha value is -3.18. The number of nitrogens with zero attached hydrogens (tertiary/aromatic N) is 5. The second-order valence-electron chi connectivity index (χ2n) is 8.28. The molecule has 0 spiro atoms. The Balaban J connectivity index is 1.27. The molecule has 0 aliphatic carbocycles. The van der Waals surface area contributed by atoms with Gasteiger partial charge in [-0.05, 0) is 49.2 Å². The Bertz CT molecular complexity index is 1100. The van der Waals surface area contributed by atoms with Crippen molar-refractivity contribution in [3.8, 4) is 17.1 Å². The van der Waals surface area contributed by atoms with E-state index in [1.807, 2.05) is 12.1 Å². The van der Waals surface area contributed by atoms with Gasteiger partial charge < -0.3 is 18.9 Å². The molecular weight excluding hydrogens is 451 g/mol. The topological polar surface area (TPSA) is 76.8 Å². The van der Waals surface area contributed by atoms with Gasteiger partial charge in [0, 0.05) is 31.4 Å². The van der Waals surface area contributed by atoms with Crippen molar-refractivity contribution in [1.29, 1.82) is 0 Å². The molecule has 5 rings (SSSR count).